The second-order valence-corrected chi connectivity index (χ2v) is 19.2. The number of carbonyl (C=O) groups excluding carboxylic acids is 2. The highest BCUT2D eigenvalue weighted by molar-refractivity contribution is 5.92. The molecule has 0 bridgehead atoms. The zero-order valence-electron chi connectivity index (χ0n) is 45.4. The van der Waals surface area contributed by atoms with Gasteiger partial charge in [-0.15, -0.1) is 0 Å². The lowest BCUT2D eigenvalue weighted by molar-refractivity contribution is -0.182. The first-order chi connectivity index (χ1) is 38.6. The lowest BCUT2D eigenvalue weighted by Crippen LogP contribution is -2.36. The molecular weight excluding hydrogens is 1090 g/mol. The van der Waals surface area contributed by atoms with Crippen molar-refractivity contribution in [2.45, 2.75) is 89.4 Å². The maximum absolute atomic E-state index is 13.2. The van der Waals surface area contributed by atoms with Gasteiger partial charge in [0.05, 0.1) is 63.7 Å². The number of methoxy groups -OCH3 is 4. The van der Waals surface area contributed by atoms with Crippen molar-refractivity contribution in [3.63, 3.8) is 0 Å². The van der Waals surface area contributed by atoms with E-state index in [2.05, 4.69) is 40.9 Å². The van der Waals surface area contributed by atoms with Gasteiger partial charge in [0.1, 0.15) is 22.2 Å². The number of fused-ring (bicyclic) bond motifs is 2. The molecule has 0 unspecified atom stereocenters. The molecule has 0 aliphatic rings. The molecule has 2 amide bonds. The number of hydrogen-bond donors (Lipinski definition) is 4. The van der Waals surface area contributed by atoms with Gasteiger partial charge in [-0.3, -0.25) is 49.7 Å². The van der Waals surface area contributed by atoms with Gasteiger partial charge < -0.3 is 38.2 Å². The average Bonchev–Trinajstić information content (AvgIpc) is 4.25. The number of nitrogens with zero attached hydrogens (tertiary/aromatic N) is 6. The first kappa shape index (κ1) is 61.8. The number of ether oxygens (including phenoxy) is 4. The summed E-state index contributed by atoms with van der Waals surface area (Å²) in [5.74, 6) is -0.699. The van der Waals surface area contributed by atoms with Crippen LogP contribution in [0.1, 0.15) is 75.9 Å². The minimum Gasteiger partial charge on any atom is -0.493 e. The van der Waals surface area contributed by atoms with Crippen LogP contribution in [0.5, 0.6) is 23.0 Å². The van der Waals surface area contributed by atoms with E-state index in [4.69, 9.17) is 38.2 Å². The van der Waals surface area contributed by atoms with E-state index in [0.29, 0.717) is 58.4 Å². The van der Waals surface area contributed by atoms with Crippen LogP contribution in [0.15, 0.2) is 107 Å². The Balaban J connectivity index is 0.000000226. The fraction of sp³-hybridized carbons (Fsp3) is 0.321. The molecule has 26 heteroatoms. The molecule has 8 aromatic rings. The third-order valence-electron chi connectivity index (χ3n) is 12.6. The molecule has 8 rings (SSSR count). The number of carbonyl (C=O) groups is 4. The largest absolute Gasteiger partial charge is 0.493 e. The highest BCUT2D eigenvalue weighted by Gasteiger charge is 2.51. The van der Waals surface area contributed by atoms with Gasteiger partial charge in [0.25, 0.3) is 0 Å². The number of carboxylic acids is 2. The second-order valence-electron chi connectivity index (χ2n) is 19.2. The SMILES string of the molecule is COc1cc2cc(-c3ccc(CC(=O)Nc4cc(C(C)(C)C(F)(F)F)no4)cn3)cnc2cc1OC.COc1cc2cc(-c3ccc(CC(=O)Nc4cc(C(C)(C)C(F)(F)F)no4)cn3)cnc2cc1OC.O=C(O)CCCCC(=O)O. The molecule has 0 saturated heterocycles. The number of aliphatic carboxylic acids is 2. The van der Waals surface area contributed by atoms with Gasteiger partial charge in [0, 0.05) is 83.8 Å². The van der Waals surface area contributed by atoms with Gasteiger partial charge in [-0.2, -0.15) is 26.3 Å². The van der Waals surface area contributed by atoms with Crippen LogP contribution in [0.25, 0.3) is 44.3 Å². The zero-order chi connectivity index (χ0) is 60.2. The predicted molar refractivity (Wildman–Crippen MR) is 286 cm³/mol. The fourth-order valence-corrected chi connectivity index (χ4v) is 7.42. The first-order valence-corrected chi connectivity index (χ1v) is 24.7. The number of benzene rings is 2. The lowest BCUT2D eigenvalue weighted by atomic mass is 9.89. The van der Waals surface area contributed by atoms with Crippen molar-refractivity contribution in [2.24, 2.45) is 0 Å². The number of rotatable bonds is 19. The second kappa shape index (κ2) is 26.3. The highest BCUT2D eigenvalue weighted by atomic mass is 19.4. The summed E-state index contributed by atoms with van der Waals surface area (Å²) in [6, 6.07) is 20.2. The maximum atomic E-state index is 13.2. The van der Waals surface area contributed by atoms with Gasteiger partial charge in [-0.25, -0.2) is 0 Å². The summed E-state index contributed by atoms with van der Waals surface area (Å²) >= 11 is 0. The van der Waals surface area contributed by atoms with Crippen molar-refractivity contribution in [1.29, 1.82) is 0 Å². The molecule has 434 valence electrons. The molecule has 0 aliphatic heterocycles. The lowest BCUT2D eigenvalue weighted by Gasteiger charge is -2.24. The Morgan fingerprint density at radius 2 is 0.854 bits per heavy atom. The van der Waals surface area contributed by atoms with Crippen LogP contribution in [0.3, 0.4) is 0 Å². The van der Waals surface area contributed by atoms with Crippen molar-refractivity contribution in [1.82, 2.24) is 30.2 Å². The average molecular weight is 1150 g/mol. The Bertz CT molecular complexity index is 3300. The van der Waals surface area contributed by atoms with Crippen LogP contribution < -0.4 is 29.6 Å². The Hall–Kier alpha value is -9.36. The number of anilines is 2. The highest BCUT2D eigenvalue weighted by Crippen LogP contribution is 2.42. The fourth-order valence-electron chi connectivity index (χ4n) is 7.42. The number of halogens is 6. The number of aromatic nitrogens is 6. The number of unbranched alkanes of at least 4 members (excludes halogenated alkanes) is 1. The predicted octanol–water partition coefficient (Wildman–Crippen LogP) is 11.4. The Morgan fingerprint density at radius 3 is 1.16 bits per heavy atom. The van der Waals surface area contributed by atoms with E-state index in [1.807, 2.05) is 24.3 Å². The van der Waals surface area contributed by atoms with E-state index < -0.39 is 46.9 Å². The molecule has 0 fully saturated rings. The Labute approximate surface area is 464 Å². The summed E-state index contributed by atoms with van der Waals surface area (Å²) in [4.78, 5) is 62.3. The van der Waals surface area contributed by atoms with Crippen LogP contribution in [-0.2, 0) is 42.8 Å². The number of pyridine rings is 4. The number of nitrogens with one attached hydrogen (secondary N) is 2. The molecule has 0 saturated carbocycles. The molecule has 20 nitrogen and oxygen atoms in total. The van der Waals surface area contributed by atoms with Crippen molar-refractivity contribution in [3.05, 3.63) is 120 Å². The number of amides is 2. The number of hydrogen-bond acceptors (Lipinski definition) is 16. The Morgan fingerprint density at radius 1 is 0.500 bits per heavy atom. The molecule has 82 heavy (non-hydrogen) atoms. The smallest absolute Gasteiger partial charge is 0.399 e. The zero-order valence-corrected chi connectivity index (χ0v) is 45.4. The summed E-state index contributed by atoms with van der Waals surface area (Å²) in [7, 11) is 6.23. The summed E-state index contributed by atoms with van der Waals surface area (Å²) < 4.78 is 110. The molecular formula is C56H56F6N8O12. The van der Waals surface area contributed by atoms with E-state index in [1.54, 1.807) is 89.6 Å². The molecule has 6 heterocycles. The third kappa shape index (κ3) is 15.7. The number of carboxylic acid groups (broad SMARTS) is 2. The molecule has 4 N–H and O–H groups in total. The van der Waals surface area contributed by atoms with Gasteiger partial charge in [0.2, 0.25) is 23.6 Å². The summed E-state index contributed by atoms with van der Waals surface area (Å²) in [6.45, 7) is 3.95. The van der Waals surface area contributed by atoms with Crippen LogP contribution >= 0.6 is 0 Å². The number of alkyl halides is 6. The van der Waals surface area contributed by atoms with Crippen molar-refractivity contribution in [2.75, 3.05) is 39.1 Å². The standard InChI is InChI=1S/2C25H23F3N4O4.C6H10O4/c2*1-24(2,25(26,27)28)21-11-23(36-32-21)31-22(33)7-14-5-6-17(29-12-14)16-8-15-9-19(34-3)20(35-4)10-18(15)30-13-16;7-5(8)3-1-2-4-6(9)10/h2*5-6,8-13H,7H2,1-4H3,(H,31,33);1-4H2,(H,7,8)(H,9,10). The monoisotopic (exact) mass is 1150 g/mol. The topological polar surface area (TPSA) is 273 Å². The van der Waals surface area contributed by atoms with E-state index in [-0.39, 0.29) is 48.8 Å². The molecule has 6 aromatic heterocycles. The Kier molecular flexibility index (Phi) is 19.8. The normalized spacial score (nSPS) is 11.6. The van der Waals surface area contributed by atoms with Crippen molar-refractivity contribution >= 4 is 57.3 Å². The molecule has 0 spiro atoms. The molecule has 2 aromatic carbocycles. The van der Waals surface area contributed by atoms with Gasteiger partial charge in [-0.05, 0) is 88.1 Å². The van der Waals surface area contributed by atoms with E-state index >= 15 is 0 Å². The van der Waals surface area contributed by atoms with Gasteiger partial charge >= 0.3 is 24.3 Å². The van der Waals surface area contributed by atoms with Gasteiger partial charge in [-0.1, -0.05) is 22.4 Å². The molecule has 0 atom stereocenters. The minimum absolute atomic E-state index is 0.0566. The van der Waals surface area contributed by atoms with Crippen LogP contribution in [0.2, 0.25) is 0 Å². The van der Waals surface area contributed by atoms with Crippen LogP contribution in [-0.4, -0.2) is 105 Å². The summed E-state index contributed by atoms with van der Waals surface area (Å²) in [5, 5.41) is 29.7. The van der Waals surface area contributed by atoms with Crippen molar-refractivity contribution in [3.8, 4) is 45.5 Å². The quantitative estimate of drug-likeness (QED) is 0.0433. The van der Waals surface area contributed by atoms with Crippen LogP contribution in [0.4, 0.5) is 38.1 Å². The molecule has 0 radical (unpaired) electrons. The maximum Gasteiger partial charge on any atom is 0.399 e. The van der Waals surface area contributed by atoms with E-state index in [9.17, 15) is 45.5 Å². The minimum atomic E-state index is -4.52. The van der Waals surface area contributed by atoms with Crippen molar-refractivity contribution < 1.29 is 83.7 Å². The first-order valence-electron chi connectivity index (χ1n) is 24.7. The van der Waals surface area contributed by atoms with E-state index in [0.717, 1.165) is 72.8 Å². The van der Waals surface area contributed by atoms with E-state index in [1.165, 1.54) is 0 Å². The van der Waals surface area contributed by atoms with Gasteiger partial charge in [0.15, 0.2) is 23.0 Å². The third-order valence-corrected chi connectivity index (χ3v) is 12.6. The van der Waals surface area contributed by atoms with Crippen LogP contribution in [0, 0.1) is 0 Å². The summed E-state index contributed by atoms with van der Waals surface area (Å²) in [6.07, 6.45) is -1.66. The molecule has 0 aliphatic carbocycles. The summed E-state index contributed by atoms with van der Waals surface area (Å²) in [5.41, 5.74) is 0.445.